The zero-order valence-electron chi connectivity index (χ0n) is 12.3. The Morgan fingerprint density at radius 1 is 0.762 bits per heavy atom. The Hall–Kier alpha value is -1.06. The van der Waals surface area contributed by atoms with E-state index in [0.29, 0.717) is 11.8 Å². The van der Waals surface area contributed by atoms with E-state index < -0.39 is 11.7 Å². The molecule has 6 aliphatic rings. The normalized spacial score (nSPS) is 61.1. The number of carbonyl (C=O) groups excluding carboxylic acids is 2. The van der Waals surface area contributed by atoms with Gasteiger partial charge in [0.2, 0.25) is 0 Å². The SMILES string of the molecule is CC1(C)OC(=O)C([C@@H]2[C@@H]3C4C5C[C@@H]6[C@@H](C[C@H]3[C@H]46)[C@H]52)C(=O)O1. The van der Waals surface area contributed by atoms with Gasteiger partial charge in [-0.25, -0.2) is 0 Å². The maximum atomic E-state index is 12.5. The third-order valence-corrected chi connectivity index (χ3v) is 7.97. The Kier molecular flexibility index (Phi) is 1.65. The summed E-state index contributed by atoms with van der Waals surface area (Å²) in [4.78, 5) is 25.0. The van der Waals surface area contributed by atoms with Crippen molar-refractivity contribution in [2.75, 3.05) is 0 Å². The van der Waals surface area contributed by atoms with Crippen molar-refractivity contribution >= 4 is 11.9 Å². The van der Waals surface area contributed by atoms with E-state index in [0.717, 1.165) is 35.5 Å². The molecule has 1 aliphatic heterocycles. The molecule has 4 nitrogen and oxygen atoms in total. The Balaban J connectivity index is 1.41. The molecule has 5 aliphatic carbocycles. The van der Waals surface area contributed by atoms with Crippen LogP contribution in [0.1, 0.15) is 26.7 Å². The van der Waals surface area contributed by atoms with Gasteiger partial charge in [0.15, 0.2) is 5.92 Å². The number of esters is 2. The second-order valence-corrected chi connectivity index (χ2v) is 8.73. The molecule has 9 atom stereocenters. The zero-order chi connectivity index (χ0) is 14.3. The zero-order valence-corrected chi connectivity index (χ0v) is 12.3. The quantitative estimate of drug-likeness (QED) is 0.545. The monoisotopic (exact) mass is 288 g/mol. The molecule has 2 bridgehead atoms. The summed E-state index contributed by atoms with van der Waals surface area (Å²) in [6, 6.07) is 0. The second-order valence-electron chi connectivity index (χ2n) is 8.73. The van der Waals surface area contributed by atoms with Crippen molar-refractivity contribution in [3.63, 3.8) is 0 Å². The molecule has 0 aromatic carbocycles. The molecule has 1 saturated heterocycles. The van der Waals surface area contributed by atoms with Gasteiger partial charge in [0.05, 0.1) is 0 Å². The van der Waals surface area contributed by atoms with Crippen LogP contribution in [0.5, 0.6) is 0 Å². The highest BCUT2D eigenvalue weighted by atomic mass is 16.7. The van der Waals surface area contributed by atoms with Crippen LogP contribution in [0.2, 0.25) is 0 Å². The molecular formula is C17H20O4. The van der Waals surface area contributed by atoms with Gasteiger partial charge in [-0.05, 0) is 66.1 Å². The maximum absolute atomic E-state index is 12.5. The van der Waals surface area contributed by atoms with Crippen molar-refractivity contribution in [1.82, 2.24) is 0 Å². The van der Waals surface area contributed by atoms with Crippen LogP contribution >= 0.6 is 0 Å². The Morgan fingerprint density at radius 3 is 1.81 bits per heavy atom. The summed E-state index contributed by atoms with van der Waals surface area (Å²) in [7, 11) is 0. The molecule has 0 aromatic heterocycles. The Bertz CT molecular complexity index is 570. The van der Waals surface area contributed by atoms with Gasteiger partial charge >= 0.3 is 11.9 Å². The maximum Gasteiger partial charge on any atom is 0.323 e. The van der Waals surface area contributed by atoms with Crippen LogP contribution < -0.4 is 0 Å². The summed E-state index contributed by atoms with van der Waals surface area (Å²) in [6.07, 6.45) is 2.74. The van der Waals surface area contributed by atoms with E-state index in [4.69, 9.17) is 9.47 Å². The lowest BCUT2D eigenvalue weighted by molar-refractivity contribution is -0.246. The molecule has 2 unspecified atom stereocenters. The largest absolute Gasteiger partial charge is 0.422 e. The van der Waals surface area contributed by atoms with Crippen LogP contribution in [0.25, 0.3) is 0 Å². The number of cyclic esters (lactones) is 2. The van der Waals surface area contributed by atoms with Crippen molar-refractivity contribution in [2.45, 2.75) is 32.5 Å². The van der Waals surface area contributed by atoms with Crippen LogP contribution in [0.15, 0.2) is 0 Å². The predicted molar refractivity (Wildman–Crippen MR) is 70.4 cm³/mol. The summed E-state index contributed by atoms with van der Waals surface area (Å²) in [6.45, 7) is 3.28. The van der Waals surface area contributed by atoms with E-state index in [-0.39, 0.29) is 17.9 Å². The number of carbonyl (C=O) groups is 2. The van der Waals surface area contributed by atoms with Gasteiger partial charge in [0.25, 0.3) is 5.79 Å². The van der Waals surface area contributed by atoms with Crippen LogP contribution in [0.3, 0.4) is 0 Å². The van der Waals surface area contributed by atoms with Gasteiger partial charge in [0.1, 0.15) is 0 Å². The average Bonchev–Trinajstić information content (AvgIpc) is 2.85. The fourth-order valence-corrected chi connectivity index (χ4v) is 8.04. The average molecular weight is 288 g/mol. The summed E-state index contributed by atoms with van der Waals surface area (Å²) in [5.74, 6) is 4.14. The van der Waals surface area contributed by atoms with E-state index in [2.05, 4.69) is 0 Å². The van der Waals surface area contributed by atoms with Gasteiger partial charge in [0, 0.05) is 13.8 Å². The standard InChI is InChI=1S/C17H20O4/c1-17(2)20-15(18)14(16(19)21-17)13-10-6-4-7-9-5(6)3-8(10)11(9)12(7)13/h5-14H,3-4H2,1-2H3/t5-,6-,7+,8?,9-,10-,11?,12+,13+/m1/s1. The van der Waals surface area contributed by atoms with Crippen LogP contribution in [-0.4, -0.2) is 17.7 Å². The number of hydrogen-bond acceptors (Lipinski definition) is 4. The fourth-order valence-electron chi connectivity index (χ4n) is 8.04. The molecule has 1 heterocycles. The Labute approximate surface area is 123 Å². The Morgan fingerprint density at radius 2 is 1.24 bits per heavy atom. The van der Waals surface area contributed by atoms with Crippen molar-refractivity contribution in [3.8, 4) is 0 Å². The third-order valence-electron chi connectivity index (χ3n) is 7.97. The van der Waals surface area contributed by atoms with E-state index in [1.807, 2.05) is 0 Å². The summed E-state index contributed by atoms with van der Waals surface area (Å²) in [5.41, 5.74) is 0. The number of hydrogen-bond donors (Lipinski definition) is 0. The van der Waals surface area contributed by atoms with E-state index >= 15 is 0 Å². The molecule has 21 heavy (non-hydrogen) atoms. The molecule has 0 radical (unpaired) electrons. The molecule has 0 amide bonds. The first-order valence-electron chi connectivity index (χ1n) is 8.44. The lowest BCUT2D eigenvalue weighted by Gasteiger charge is -2.49. The molecular weight excluding hydrogens is 268 g/mol. The van der Waals surface area contributed by atoms with Crippen molar-refractivity contribution in [2.24, 2.45) is 59.2 Å². The topological polar surface area (TPSA) is 52.6 Å². The van der Waals surface area contributed by atoms with Crippen molar-refractivity contribution < 1.29 is 19.1 Å². The van der Waals surface area contributed by atoms with Crippen molar-refractivity contribution in [1.29, 1.82) is 0 Å². The van der Waals surface area contributed by atoms with Crippen LogP contribution in [0, 0.1) is 59.2 Å². The smallest absolute Gasteiger partial charge is 0.323 e. The third kappa shape index (κ3) is 1.02. The van der Waals surface area contributed by atoms with E-state index in [1.54, 1.807) is 13.8 Å². The molecule has 112 valence electrons. The molecule has 0 aromatic rings. The summed E-state index contributed by atoms with van der Waals surface area (Å²) < 4.78 is 10.8. The number of ether oxygens (including phenoxy) is 2. The number of fused-ring (bicyclic) bond motifs is 2. The predicted octanol–water partition coefficient (Wildman–Crippen LogP) is 1.83. The van der Waals surface area contributed by atoms with Gasteiger partial charge in [-0.3, -0.25) is 9.59 Å². The van der Waals surface area contributed by atoms with E-state index in [1.165, 1.54) is 12.8 Å². The van der Waals surface area contributed by atoms with Crippen LogP contribution in [0.4, 0.5) is 0 Å². The van der Waals surface area contributed by atoms with Crippen LogP contribution in [-0.2, 0) is 19.1 Å². The second kappa shape index (κ2) is 3.02. The lowest BCUT2D eigenvalue weighted by Crippen LogP contribution is -2.54. The highest BCUT2D eigenvalue weighted by Gasteiger charge is 2.82. The lowest BCUT2D eigenvalue weighted by atomic mass is 9.55. The van der Waals surface area contributed by atoms with Gasteiger partial charge < -0.3 is 9.47 Å². The highest BCUT2D eigenvalue weighted by molar-refractivity contribution is 5.97. The molecule has 0 spiro atoms. The molecule has 4 heteroatoms. The minimum Gasteiger partial charge on any atom is -0.422 e. The molecule has 5 saturated carbocycles. The molecule has 6 rings (SSSR count). The van der Waals surface area contributed by atoms with Gasteiger partial charge in [-0.2, -0.15) is 0 Å². The first kappa shape index (κ1) is 11.5. The molecule has 6 fully saturated rings. The minimum absolute atomic E-state index is 0.226. The minimum atomic E-state index is -1.09. The molecule has 0 N–H and O–H groups in total. The van der Waals surface area contributed by atoms with Crippen molar-refractivity contribution in [3.05, 3.63) is 0 Å². The van der Waals surface area contributed by atoms with Gasteiger partial charge in [-0.15, -0.1) is 0 Å². The fraction of sp³-hybridized carbons (Fsp3) is 0.882. The number of rotatable bonds is 1. The summed E-state index contributed by atoms with van der Waals surface area (Å²) in [5, 5.41) is 0. The first-order valence-corrected chi connectivity index (χ1v) is 8.44. The highest BCUT2D eigenvalue weighted by Crippen LogP contribution is 2.85. The van der Waals surface area contributed by atoms with Gasteiger partial charge in [-0.1, -0.05) is 0 Å². The summed E-state index contributed by atoms with van der Waals surface area (Å²) >= 11 is 0. The first-order chi connectivity index (χ1) is 9.98. The van der Waals surface area contributed by atoms with E-state index in [9.17, 15) is 9.59 Å².